The molecule has 0 radical (unpaired) electrons. The summed E-state index contributed by atoms with van der Waals surface area (Å²) in [5, 5.41) is 0. The molecule has 0 aromatic carbocycles. The zero-order chi connectivity index (χ0) is 11.5. The van der Waals surface area contributed by atoms with Crippen LogP contribution in [0.25, 0.3) is 0 Å². The summed E-state index contributed by atoms with van der Waals surface area (Å²) in [7, 11) is 0. The largest absolute Gasteiger partial charge is 0.355 e. The van der Waals surface area contributed by atoms with Crippen LogP contribution in [-0.2, 0) is 20.8 Å². The molecule has 0 spiro atoms. The minimum absolute atomic E-state index is 0.178. The van der Waals surface area contributed by atoms with Gasteiger partial charge in [-0.25, -0.2) is 15.0 Å². The fourth-order valence-corrected chi connectivity index (χ4v) is 0.928. The minimum atomic E-state index is 0.178. The van der Waals surface area contributed by atoms with Gasteiger partial charge in [0, 0.05) is 6.61 Å². The number of rotatable bonds is 9. The molecule has 0 fully saturated rings. The van der Waals surface area contributed by atoms with Crippen LogP contribution in [0.5, 0.6) is 0 Å². The molecule has 0 atom stereocenters. The van der Waals surface area contributed by atoms with Crippen LogP contribution in [0.3, 0.4) is 0 Å². The highest BCUT2D eigenvalue weighted by Gasteiger charge is 1.94. The van der Waals surface area contributed by atoms with Crippen molar-refractivity contribution in [1.29, 1.82) is 0 Å². The molecular formula is C10H17N3O3. The average Bonchev–Trinajstić information content (AvgIpc) is 2.34. The summed E-state index contributed by atoms with van der Waals surface area (Å²) in [6, 6.07) is 0. The summed E-state index contributed by atoms with van der Waals surface area (Å²) in [4.78, 5) is 11.5. The van der Waals surface area contributed by atoms with Gasteiger partial charge in [-0.3, -0.25) is 0 Å². The molecule has 6 nitrogen and oxygen atoms in total. The van der Waals surface area contributed by atoms with E-state index in [1.54, 1.807) is 0 Å². The zero-order valence-corrected chi connectivity index (χ0v) is 9.46. The van der Waals surface area contributed by atoms with Gasteiger partial charge in [-0.05, 0) is 6.42 Å². The Morgan fingerprint density at radius 2 is 1.81 bits per heavy atom. The highest BCUT2D eigenvalue weighted by Crippen LogP contribution is 1.91. The predicted molar refractivity (Wildman–Crippen MR) is 56.3 cm³/mol. The van der Waals surface area contributed by atoms with E-state index in [4.69, 9.17) is 14.2 Å². The quantitative estimate of drug-likeness (QED) is 0.465. The van der Waals surface area contributed by atoms with Gasteiger partial charge in [-0.2, -0.15) is 0 Å². The van der Waals surface area contributed by atoms with E-state index in [1.807, 2.05) is 0 Å². The Kier molecular flexibility index (Phi) is 7.40. The van der Waals surface area contributed by atoms with Crippen LogP contribution in [0.15, 0.2) is 12.7 Å². The van der Waals surface area contributed by atoms with Crippen molar-refractivity contribution in [2.45, 2.75) is 26.4 Å². The Morgan fingerprint density at radius 1 is 1.06 bits per heavy atom. The molecule has 90 valence electrons. The predicted octanol–water partition coefficient (Wildman–Crippen LogP) is 1.14. The second-order valence-corrected chi connectivity index (χ2v) is 3.10. The first kappa shape index (κ1) is 13.0. The molecule has 1 heterocycles. The lowest BCUT2D eigenvalue weighted by molar-refractivity contribution is -0.136. The van der Waals surface area contributed by atoms with Crippen LogP contribution >= 0.6 is 0 Å². The molecule has 0 aliphatic rings. The van der Waals surface area contributed by atoms with E-state index in [0.29, 0.717) is 12.4 Å². The van der Waals surface area contributed by atoms with E-state index in [9.17, 15) is 0 Å². The van der Waals surface area contributed by atoms with Gasteiger partial charge in [0.05, 0.1) is 0 Å². The Balaban J connectivity index is 1.89. The Bertz CT molecular complexity index is 259. The third kappa shape index (κ3) is 6.39. The number of ether oxygens (including phenoxy) is 3. The van der Waals surface area contributed by atoms with Gasteiger partial charge in [0.15, 0.2) is 5.82 Å². The van der Waals surface area contributed by atoms with Crippen molar-refractivity contribution in [3.63, 3.8) is 0 Å². The van der Waals surface area contributed by atoms with Gasteiger partial charge in [0.1, 0.15) is 32.8 Å². The molecule has 0 bridgehead atoms. The van der Waals surface area contributed by atoms with E-state index >= 15 is 0 Å². The topological polar surface area (TPSA) is 66.4 Å². The maximum atomic E-state index is 5.18. The number of hydrogen-bond acceptors (Lipinski definition) is 6. The summed E-state index contributed by atoms with van der Waals surface area (Å²) in [5.74, 6) is 0.588. The highest BCUT2D eigenvalue weighted by molar-refractivity contribution is 4.76. The molecule has 1 aromatic rings. The minimum Gasteiger partial charge on any atom is -0.355 e. The van der Waals surface area contributed by atoms with Crippen molar-refractivity contribution >= 4 is 0 Å². The van der Waals surface area contributed by atoms with Crippen molar-refractivity contribution in [2.75, 3.05) is 20.2 Å². The standard InChI is InChI=1S/C10H17N3O3/c1-2-3-4-14-8-16-9-15-5-10-12-6-11-7-13-10/h6-7H,2-5,8-9H2,1H3. The van der Waals surface area contributed by atoms with Crippen LogP contribution in [0.4, 0.5) is 0 Å². The Labute approximate surface area is 95.0 Å². The fraction of sp³-hybridized carbons (Fsp3) is 0.700. The molecule has 6 heteroatoms. The third-order valence-electron chi connectivity index (χ3n) is 1.75. The lowest BCUT2D eigenvalue weighted by Crippen LogP contribution is -2.06. The normalized spacial score (nSPS) is 10.6. The summed E-state index contributed by atoms with van der Waals surface area (Å²) < 4.78 is 15.4. The van der Waals surface area contributed by atoms with E-state index in [1.165, 1.54) is 12.7 Å². The van der Waals surface area contributed by atoms with Crippen LogP contribution in [0.2, 0.25) is 0 Å². The number of hydrogen-bond donors (Lipinski definition) is 0. The molecule has 0 aliphatic heterocycles. The average molecular weight is 227 g/mol. The molecule has 0 N–H and O–H groups in total. The Hall–Kier alpha value is -1.11. The summed E-state index contributed by atoms with van der Waals surface area (Å²) >= 11 is 0. The maximum Gasteiger partial charge on any atom is 0.157 e. The maximum absolute atomic E-state index is 5.18. The van der Waals surface area contributed by atoms with Crippen molar-refractivity contribution in [3.05, 3.63) is 18.5 Å². The second-order valence-electron chi connectivity index (χ2n) is 3.10. The van der Waals surface area contributed by atoms with Crippen LogP contribution in [-0.4, -0.2) is 35.1 Å². The van der Waals surface area contributed by atoms with E-state index in [-0.39, 0.29) is 13.6 Å². The lowest BCUT2D eigenvalue weighted by atomic mass is 10.4. The molecule has 0 amide bonds. The number of nitrogens with zero attached hydrogens (tertiary/aromatic N) is 3. The van der Waals surface area contributed by atoms with Crippen molar-refractivity contribution in [3.8, 4) is 0 Å². The van der Waals surface area contributed by atoms with Crippen molar-refractivity contribution in [2.24, 2.45) is 0 Å². The summed E-state index contributed by atoms with van der Waals surface area (Å²) in [5.41, 5.74) is 0. The molecule has 16 heavy (non-hydrogen) atoms. The van der Waals surface area contributed by atoms with Gasteiger partial charge in [-0.15, -0.1) is 0 Å². The van der Waals surface area contributed by atoms with Crippen molar-refractivity contribution in [1.82, 2.24) is 15.0 Å². The van der Waals surface area contributed by atoms with E-state index < -0.39 is 0 Å². The fourth-order valence-electron chi connectivity index (χ4n) is 0.928. The van der Waals surface area contributed by atoms with Gasteiger partial charge >= 0.3 is 0 Å². The first-order chi connectivity index (χ1) is 7.93. The first-order valence-corrected chi connectivity index (χ1v) is 5.27. The first-order valence-electron chi connectivity index (χ1n) is 5.27. The second kappa shape index (κ2) is 9.14. The number of unbranched alkanes of at least 4 members (excludes halogenated alkanes) is 1. The van der Waals surface area contributed by atoms with Crippen LogP contribution < -0.4 is 0 Å². The molecule has 0 saturated carbocycles. The smallest absolute Gasteiger partial charge is 0.157 e. The Morgan fingerprint density at radius 3 is 2.56 bits per heavy atom. The van der Waals surface area contributed by atoms with Gasteiger partial charge < -0.3 is 14.2 Å². The highest BCUT2D eigenvalue weighted by atomic mass is 16.7. The molecule has 1 rings (SSSR count). The van der Waals surface area contributed by atoms with Crippen LogP contribution in [0.1, 0.15) is 25.6 Å². The third-order valence-corrected chi connectivity index (χ3v) is 1.75. The molecule has 0 aliphatic carbocycles. The lowest BCUT2D eigenvalue weighted by Gasteiger charge is -2.05. The SMILES string of the molecule is CCCCOCOCOCc1ncncn1. The summed E-state index contributed by atoms with van der Waals surface area (Å²) in [6.45, 7) is 3.60. The van der Waals surface area contributed by atoms with Crippen LogP contribution in [0, 0.1) is 0 Å². The van der Waals surface area contributed by atoms with Gasteiger partial charge in [-0.1, -0.05) is 13.3 Å². The zero-order valence-electron chi connectivity index (χ0n) is 9.46. The van der Waals surface area contributed by atoms with E-state index in [2.05, 4.69) is 21.9 Å². The molecule has 0 unspecified atom stereocenters. The monoisotopic (exact) mass is 227 g/mol. The molecule has 1 aromatic heterocycles. The molecular weight excluding hydrogens is 210 g/mol. The number of aromatic nitrogens is 3. The molecule has 0 saturated heterocycles. The summed E-state index contributed by atoms with van der Waals surface area (Å²) in [6.07, 6.45) is 5.03. The van der Waals surface area contributed by atoms with E-state index in [0.717, 1.165) is 19.4 Å². The van der Waals surface area contributed by atoms with Gasteiger partial charge in [0.25, 0.3) is 0 Å². The van der Waals surface area contributed by atoms with Crippen molar-refractivity contribution < 1.29 is 14.2 Å². The van der Waals surface area contributed by atoms with Gasteiger partial charge in [0.2, 0.25) is 0 Å².